The van der Waals surface area contributed by atoms with Crippen LogP contribution >= 0.6 is 11.3 Å². The number of carbonyl (C=O) groups is 1. The van der Waals surface area contributed by atoms with E-state index in [1.807, 2.05) is 50.2 Å². The van der Waals surface area contributed by atoms with Gasteiger partial charge in [0.15, 0.2) is 5.13 Å². The second-order valence-corrected chi connectivity index (χ2v) is 5.90. The number of amides is 1. The molecule has 1 amide bonds. The molecule has 0 aliphatic rings. The molecular weight excluding hydrogens is 298 g/mol. The Kier molecular flexibility index (Phi) is 5.11. The lowest BCUT2D eigenvalue weighted by atomic mass is 10.2. The van der Waals surface area contributed by atoms with E-state index >= 15 is 0 Å². The van der Waals surface area contributed by atoms with Gasteiger partial charge in [0.05, 0.1) is 11.9 Å². The Hall–Kier alpha value is -2.41. The summed E-state index contributed by atoms with van der Waals surface area (Å²) < 4.78 is 0. The fraction of sp³-hybridized carbons (Fsp3) is 0.267. The first kappa shape index (κ1) is 16.0. The van der Waals surface area contributed by atoms with Gasteiger partial charge in [-0.3, -0.25) is 4.79 Å². The number of benzene rings is 1. The summed E-state index contributed by atoms with van der Waals surface area (Å²) in [5.74, 6) is -0.285. The molecule has 2 rings (SSSR count). The van der Waals surface area contributed by atoms with Crippen LogP contribution in [0.25, 0.3) is 0 Å². The summed E-state index contributed by atoms with van der Waals surface area (Å²) in [6, 6.07) is 7.85. The molecule has 0 aliphatic heterocycles. The van der Waals surface area contributed by atoms with Crippen LogP contribution in [-0.4, -0.2) is 31.2 Å². The van der Waals surface area contributed by atoms with Gasteiger partial charge in [0.1, 0.15) is 4.88 Å². The van der Waals surface area contributed by atoms with Crippen molar-refractivity contribution in [1.82, 2.24) is 10.4 Å². The number of hydrazone groups is 1. The molecule has 7 heteroatoms. The molecule has 0 fully saturated rings. The largest absolute Gasteiger partial charge is 0.378 e. The van der Waals surface area contributed by atoms with Crippen LogP contribution in [-0.2, 0) is 6.42 Å². The third kappa shape index (κ3) is 3.82. The van der Waals surface area contributed by atoms with Crippen LogP contribution in [0.1, 0.15) is 27.9 Å². The number of thiazole rings is 1. The molecule has 1 heterocycles. The number of nitrogens with zero attached hydrogens (tertiary/aromatic N) is 3. The average molecular weight is 317 g/mol. The summed E-state index contributed by atoms with van der Waals surface area (Å²) in [5, 5.41) is 4.37. The molecule has 0 spiro atoms. The Morgan fingerprint density at radius 3 is 2.68 bits per heavy atom. The number of anilines is 2. The van der Waals surface area contributed by atoms with Crippen LogP contribution < -0.4 is 16.1 Å². The van der Waals surface area contributed by atoms with Gasteiger partial charge in [0, 0.05) is 19.8 Å². The molecule has 0 unspecified atom stereocenters. The van der Waals surface area contributed by atoms with Crippen LogP contribution in [0.15, 0.2) is 29.4 Å². The second kappa shape index (κ2) is 7.04. The van der Waals surface area contributed by atoms with Gasteiger partial charge in [-0.05, 0) is 24.1 Å². The molecule has 0 atom stereocenters. The maximum Gasteiger partial charge on any atom is 0.283 e. The van der Waals surface area contributed by atoms with E-state index in [4.69, 9.17) is 5.73 Å². The molecule has 0 saturated heterocycles. The van der Waals surface area contributed by atoms with Gasteiger partial charge in [-0.1, -0.05) is 30.4 Å². The van der Waals surface area contributed by atoms with E-state index in [1.54, 1.807) is 6.21 Å². The van der Waals surface area contributed by atoms with Crippen molar-refractivity contribution in [2.24, 2.45) is 5.10 Å². The number of hydrogen-bond acceptors (Lipinski definition) is 6. The first-order valence-electron chi connectivity index (χ1n) is 6.87. The minimum Gasteiger partial charge on any atom is -0.378 e. The Morgan fingerprint density at radius 2 is 2.09 bits per heavy atom. The predicted molar refractivity (Wildman–Crippen MR) is 91.7 cm³/mol. The summed E-state index contributed by atoms with van der Waals surface area (Å²) in [4.78, 5) is 18.7. The van der Waals surface area contributed by atoms with Crippen molar-refractivity contribution in [3.05, 3.63) is 40.4 Å². The summed E-state index contributed by atoms with van der Waals surface area (Å²) in [7, 11) is 3.96. The third-order valence-corrected chi connectivity index (χ3v) is 3.97. The molecule has 1 aromatic heterocycles. The van der Waals surface area contributed by atoms with Crippen LogP contribution in [0.5, 0.6) is 0 Å². The average Bonchev–Trinajstić information content (AvgIpc) is 2.89. The number of nitrogen functional groups attached to an aromatic ring is 1. The Balaban J connectivity index is 2.01. The zero-order valence-electron chi connectivity index (χ0n) is 12.8. The van der Waals surface area contributed by atoms with Gasteiger partial charge < -0.3 is 10.6 Å². The summed E-state index contributed by atoms with van der Waals surface area (Å²) in [6.07, 6.45) is 2.26. The Bertz CT molecular complexity index is 676. The third-order valence-electron chi connectivity index (χ3n) is 3.04. The van der Waals surface area contributed by atoms with Crippen LogP contribution in [0.4, 0.5) is 10.8 Å². The highest BCUT2D eigenvalue weighted by Crippen LogP contribution is 2.20. The van der Waals surface area contributed by atoms with E-state index in [-0.39, 0.29) is 5.91 Å². The quantitative estimate of drug-likeness (QED) is 0.653. The van der Waals surface area contributed by atoms with Crippen molar-refractivity contribution in [1.29, 1.82) is 0 Å². The number of aryl methyl sites for hydroxylation is 1. The molecule has 3 N–H and O–H groups in total. The molecule has 6 nitrogen and oxygen atoms in total. The van der Waals surface area contributed by atoms with Crippen molar-refractivity contribution < 1.29 is 4.79 Å². The summed E-state index contributed by atoms with van der Waals surface area (Å²) in [6.45, 7) is 1.93. The van der Waals surface area contributed by atoms with E-state index in [2.05, 4.69) is 15.5 Å². The van der Waals surface area contributed by atoms with Gasteiger partial charge in [-0.25, -0.2) is 10.4 Å². The van der Waals surface area contributed by atoms with E-state index in [1.165, 1.54) is 11.3 Å². The monoisotopic (exact) mass is 317 g/mol. The van der Waals surface area contributed by atoms with Gasteiger partial charge in [-0.2, -0.15) is 5.10 Å². The van der Waals surface area contributed by atoms with Crippen molar-refractivity contribution in [3.63, 3.8) is 0 Å². The fourth-order valence-corrected chi connectivity index (χ4v) is 2.67. The van der Waals surface area contributed by atoms with Gasteiger partial charge >= 0.3 is 0 Å². The minimum absolute atomic E-state index is 0.285. The number of aromatic nitrogens is 1. The van der Waals surface area contributed by atoms with E-state index in [0.717, 1.165) is 11.3 Å². The predicted octanol–water partition coefficient (Wildman–Crippen LogP) is 2.12. The lowest BCUT2D eigenvalue weighted by molar-refractivity contribution is 0.0958. The number of nitrogens with one attached hydrogen (secondary N) is 1. The number of carbonyl (C=O) groups excluding carboxylic acids is 1. The van der Waals surface area contributed by atoms with Crippen molar-refractivity contribution >= 4 is 34.3 Å². The lowest BCUT2D eigenvalue weighted by Crippen LogP contribution is -2.17. The standard InChI is InChI=1S/C15H19N5OS/c1-4-12-13(22-15(16)18-12)14(21)19-17-9-10-5-7-11(8-6-10)20(2)3/h5-9H,4H2,1-3H3,(H2,16,18)(H,19,21). The second-order valence-electron chi connectivity index (χ2n) is 4.87. The van der Waals surface area contributed by atoms with E-state index in [0.29, 0.717) is 22.1 Å². The van der Waals surface area contributed by atoms with Crippen molar-refractivity contribution in [2.75, 3.05) is 24.7 Å². The van der Waals surface area contributed by atoms with Crippen molar-refractivity contribution in [2.45, 2.75) is 13.3 Å². The maximum absolute atomic E-state index is 12.1. The first-order valence-corrected chi connectivity index (χ1v) is 7.69. The summed E-state index contributed by atoms with van der Waals surface area (Å²) in [5.41, 5.74) is 10.9. The van der Waals surface area contributed by atoms with Crippen LogP contribution in [0, 0.1) is 0 Å². The highest BCUT2D eigenvalue weighted by molar-refractivity contribution is 7.17. The molecule has 0 radical (unpaired) electrons. The molecule has 22 heavy (non-hydrogen) atoms. The smallest absolute Gasteiger partial charge is 0.283 e. The fourth-order valence-electron chi connectivity index (χ4n) is 1.86. The van der Waals surface area contributed by atoms with Gasteiger partial charge in [0.25, 0.3) is 5.91 Å². The number of nitrogens with two attached hydrogens (primary N) is 1. The van der Waals surface area contributed by atoms with Crippen LogP contribution in [0.2, 0.25) is 0 Å². The van der Waals surface area contributed by atoms with Gasteiger partial charge in [-0.15, -0.1) is 0 Å². The van der Waals surface area contributed by atoms with Gasteiger partial charge in [0.2, 0.25) is 0 Å². The van der Waals surface area contributed by atoms with E-state index < -0.39 is 0 Å². The first-order chi connectivity index (χ1) is 10.5. The zero-order valence-corrected chi connectivity index (χ0v) is 13.6. The summed E-state index contributed by atoms with van der Waals surface area (Å²) >= 11 is 1.17. The Labute approximate surface area is 133 Å². The molecule has 0 aliphatic carbocycles. The minimum atomic E-state index is -0.285. The molecule has 0 saturated carbocycles. The number of hydrogen-bond donors (Lipinski definition) is 2. The Morgan fingerprint density at radius 1 is 1.41 bits per heavy atom. The topological polar surface area (TPSA) is 83.6 Å². The maximum atomic E-state index is 12.1. The SMILES string of the molecule is CCc1nc(N)sc1C(=O)NN=Cc1ccc(N(C)C)cc1. The lowest BCUT2D eigenvalue weighted by Gasteiger charge is -2.11. The molecule has 0 bridgehead atoms. The molecule has 2 aromatic rings. The highest BCUT2D eigenvalue weighted by atomic mass is 32.1. The van der Waals surface area contributed by atoms with Crippen LogP contribution in [0.3, 0.4) is 0 Å². The molecule has 1 aromatic carbocycles. The highest BCUT2D eigenvalue weighted by Gasteiger charge is 2.15. The molecular formula is C15H19N5OS. The van der Waals surface area contributed by atoms with Crippen molar-refractivity contribution in [3.8, 4) is 0 Å². The molecule has 116 valence electrons. The normalized spacial score (nSPS) is 10.9. The zero-order chi connectivity index (χ0) is 16.1. The number of rotatable bonds is 5. The van der Waals surface area contributed by atoms with E-state index in [9.17, 15) is 4.79 Å².